The van der Waals surface area contributed by atoms with Crippen LogP contribution in [0.3, 0.4) is 0 Å². The number of phenols is 1. The van der Waals surface area contributed by atoms with Gasteiger partial charge in [-0.2, -0.15) is 0 Å². The highest BCUT2D eigenvalue weighted by molar-refractivity contribution is 8.15. The molecule has 4 heteroatoms. The standard InChI is InChI=1S/C17H17ClOS2/c1-10-5-12-8-20-17(21-9-13(12)6-11(10)2)15-7-14(18)3-4-16(15)19/h3-7,17,19H,8-9H2,1-2H3. The van der Waals surface area contributed by atoms with Crippen molar-refractivity contribution in [3.05, 3.63) is 63.2 Å². The van der Waals surface area contributed by atoms with Crippen LogP contribution in [0.25, 0.3) is 0 Å². The molecule has 0 amide bonds. The van der Waals surface area contributed by atoms with Crippen LogP contribution in [-0.4, -0.2) is 5.11 Å². The summed E-state index contributed by atoms with van der Waals surface area (Å²) in [5.41, 5.74) is 6.46. The molecule has 0 radical (unpaired) electrons. The van der Waals surface area contributed by atoms with Gasteiger partial charge in [0.2, 0.25) is 0 Å². The Bertz CT molecular complexity index is 652. The summed E-state index contributed by atoms with van der Waals surface area (Å²) in [7, 11) is 0. The van der Waals surface area contributed by atoms with Gasteiger partial charge in [0.15, 0.2) is 0 Å². The molecule has 0 bridgehead atoms. The van der Waals surface area contributed by atoms with E-state index in [1.54, 1.807) is 12.1 Å². The van der Waals surface area contributed by atoms with Crippen molar-refractivity contribution >= 4 is 35.1 Å². The van der Waals surface area contributed by atoms with Crippen molar-refractivity contribution in [3.8, 4) is 5.75 Å². The van der Waals surface area contributed by atoms with Crippen molar-refractivity contribution in [1.82, 2.24) is 0 Å². The maximum absolute atomic E-state index is 10.1. The first-order valence-corrected chi connectivity index (χ1v) is 9.33. The molecule has 2 aromatic carbocycles. The number of benzene rings is 2. The summed E-state index contributed by atoms with van der Waals surface area (Å²) < 4.78 is 0.219. The molecule has 0 saturated heterocycles. The zero-order valence-corrected chi connectivity index (χ0v) is 14.4. The largest absolute Gasteiger partial charge is 0.508 e. The summed E-state index contributed by atoms with van der Waals surface area (Å²) in [5.74, 6) is 2.28. The van der Waals surface area contributed by atoms with E-state index in [1.807, 2.05) is 29.6 Å². The van der Waals surface area contributed by atoms with Gasteiger partial charge in [0.25, 0.3) is 0 Å². The third-order valence-electron chi connectivity index (χ3n) is 3.84. The molecule has 2 aromatic rings. The Hall–Kier alpha value is -0.770. The van der Waals surface area contributed by atoms with Crippen LogP contribution < -0.4 is 0 Å². The van der Waals surface area contributed by atoms with Crippen molar-refractivity contribution in [2.75, 3.05) is 0 Å². The van der Waals surface area contributed by atoms with E-state index in [4.69, 9.17) is 11.6 Å². The van der Waals surface area contributed by atoms with E-state index in [0.717, 1.165) is 17.1 Å². The molecule has 1 aliphatic heterocycles. The first-order valence-electron chi connectivity index (χ1n) is 6.85. The molecule has 1 N–H and O–H groups in total. The van der Waals surface area contributed by atoms with Crippen molar-refractivity contribution in [1.29, 1.82) is 0 Å². The molecular weight excluding hydrogens is 320 g/mol. The van der Waals surface area contributed by atoms with E-state index in [1.165, 1.54) is 22.3 Å². The molecule has 0 atom stereocenters. The van der Waals surface area contributed by atoms with Gasteiger partial charge in [0.05, 0.1) is 4.58 Å². The zero-order valence-electron chi connectivity index (χ0n) is 12.0. The first-order chi connectivity index (χ1) is 10.0. The minimum absolute atomic E-state index is 0.219. The summed E-state index contributed by atoms with van der Waals surface area (Å²) in [4.78, 5) is 0. The lowest BCUT2D eigenvalue weighted by atomic mass is 10.0. The lowest BCUT2D eigenvalue weighted by Crippen LogP contribution is -1.92. The van der Waals surface area contributed by atoms with E-state index in [0.29, 0.717) is 10.8 Å². The summed E-state index contributed by atoms with van der Waals surface area (Å²) in [6.45, 7) is 4.33. The Morgan fingerprint density at radius 2 is 1.57 bits per heavy atom. The summed E-state index contributed by atoms with van der Waals surface area (Å²) in [5, 5.41) is 10.8. The number of hydrogen-bond donors (Lipinski definition) is 1. The summed E-state index contributed by atoms with van der Waals surface area (Å²) in [6.07, 6.45) is 0. The quantitative estimate of drug-likeness (QED) is 0.706. The number of thioether (sulfide) groups is 2. The predicted molar refractivity (Wildman–Crippen MR) is 94.4 cm³/mol. The number of rotatable bonds is 1. The third kappa shape index (κ3) is 3.20. The molecule has 0 spiro atoms. The van der Waals surface area contributed by atoms with Crippen LogP contribution >= 0.6 is 35.1 Å². The Morgan fingerprint density at radius 1 is 1.00 bits per heavy atom. The van der Waals surface area contributed by atoms with E-state index in [9.17, 15) is 5.11 Å². The average molecular weight is 337 g/mol. The van der Waals surface area contributed by atoms with Crippen molar-refractivity contribution in [2.24, 2.45) is 0 Å². The molecule has 0 aromatic heterocycles. The number of aryl methyl sites for hydroxylation is 2. The molecule has 0 saturated carbocycles. The van der Waals surface area contributed by atoms with Crippen molar-refractivity contribution < 1.29 is 5.11 Å². The number of halogens is 1. The molecule has 1 heterocycles. The number of hydrogen-bond acceptors (Lipinski definition) is 3. The van der Waals surface area contributed by atoms with Crippen LogP contribution in [0.4, 0.5) is 0 Å². The number of fused-ring (bicyclic) bond motifs is 1. The maximum Gasteiger partial charge on any atom is 0.120 e. The second-order valence-electron chi connectivity index (χ2n) is 5.36. The van der Waals surface area contributed by atoms with Crippen LogP contribution in [0, 0.1) is 13.8 Å². The van der Waals surface area contributed by atoms with Crippen LogP contribution in [0.5, 0.6) is 5.75 Å². The molecule has 1 aliphatic rings. The predicted octanol–water partition coefficient (Wildman–Crippen LogP) is 5.84. The van der Waals surface area contributed by atoms with Crippen LogP contribution in [0.2, 0.25) is 5.02 Å². The minimum Gasteiger partial charge on any atom is -0.508 e. The molecule has 0 fully saturated rings. The average Bonchev–Trinajstić information content (AvgIpc) is 2.65. The van der Waals surface area contributed by atoms with E-state index >= 15 is 0 Å². The lowest BCUT2D eigenvalue weighted by molar-refractivity contribution is 0.470. The van der Waals surface area contributed by atoms with Crippen LogP contribution in [0.1, 0.15) is 32.4 Å². The highest BCUT2D eigenvalue weighted by atomic mass is 35.5. The summed E-state index contributed by atoms with van der Waals surface area (Å²) in [6, 6.07) is 9.91. The Morgan fingerprint density at radius 3 is 2.14 bits per heavy atom. The zero-order chi connectivity index (χ0) is 15.0. The van der Waals surface area contributed by atoms with Gasteiger partial charge < -0.3 is 5.11 Å². The number of phenolic OH excluding ortho intramolecular Hbond substituents is 1. The second kappa shape index (κ2) is 6.15. The number of aromatic hydroxyl groups is 1. The second-order valence-corrected chi connectivity index (χ2v) is 8.28. The molecule has 1 nitrogen and oxygen atoms in total. The lowest BCUT2D eigenvalue weighted by Gasteiger charge is -2.15. The molecule has 110 valence electrons. The van der Waals surface area contributed by atoms with Crippen LogP contribution in [-0.2, 0) is 11.5 Å². The topological polar surface area (TPSA) is 20.2 Å². The Balaban J connectivity index is 1.89. The Kier molecular flexibility index (Phi) is 4.43. The molecule has 0 unspecified atom stereocenters. The molecule has 0 aliphatic carbocycles. The van der Waals surface area contributed by atoms with E-state index in [2.05, 4.69) is 26.0 Å². The first kappa shape index (κ1) is 15.1. The van der Waals surface area contributed by atoms with Gasteiger partial charge in [0, 0.05) is 22.1 Å². The highest BCUT2D eigenvalue weighted by Gasteiger charge is 2.22. The minimum atomic E-state index is 0.219. The van der Waals surface area contributed by atoms with Gasteiger partial charge in [-0.1, -0.05) is 23.7 Å². The van der Waals surface area contributed by atoms with Gasteiger partial charge in [-0.15, -0.1) is 23.5 Å². The third-order valence-corrected chi connectivity index (χ3v) is 6.96. The maximum atomic E-state index is 10.1. The van der Waals surface area contributed by atoms with Gasteiger partial charge in [-0.3, -0.25) is 0 Å². The smallest absolute Gasteiger partial charge is 0.120 e. The normalized spacial score (nSPS) is 15.6. The highest BCUT2D eigenvalue weighted by Crippen LogP contribution is 2.49. The molecular formula is C17H17ClOS2. The van der Waals surface area contributed by atoms with E-state index < -0.39 is 0 Å². The molecule has 21 heavy (non-hydrogen) atoms. The van der Waals surface area contributed by atoms with Crippen molar-refractivity contribution in [3.63, 3.8) is 0 Å². The molecule has 3 rings (SSSR count). The van der Waals surface area contributed by atoms with E-state index in [-0.39, 0.29) is 4.58 Å². The van der Waals surface area contributed by atoms with Crippen molar-refractivity contribution in [2.45, 2.75) is 29.9 Å². The Labute approximate surface area is 139 Å². The monoisotopic (exact) mass is 336 g/mol. The SMILES string of the molecule is Cc1cc2c(cc1C)CSC(c1cc(Cl)ccc1O)SC2. The van der Waals surface area contributed by atoms with Gasteiger partial charge in [-0.25, -0.2) is 0 Å². The van der Waals surface area contributed by atoms with Gasteiger partial charge in [0.1, 0.15) is 5.75 Å². The van der Waals surface area contributed by atoms with Gasteiger partial charge in [-0.05, 0) is 54.3 Å². The fourth-order valence-corrected chi connectivity index (χ4v) is 5.39. The van der Waals surface area contributed by atoms with Crippen LogP contribution in [0.15, 0.2) is 30.3 Å². The summed E-state index contributed by atoms with van der Waals surface area (Å²) >= 11 is 9.80. The fourth-order valence-electron chi connectivity index (χ4n) is 2.48. The van der Waals surface area contributed by atoms with Gasteiger partial charge >= 0.3 is 0 Å². The fraction of sp³-hybridized carbons (Fsp3) is 0.294.